The van der Waals surface area contributed by atoms with Crippen LogP contribution in [0.5, 0.6) is 5.75 Å². The highest BCUT2D eigenvalue weighted by atomic mass is 35.5. The highest BCUT2D eigenvalue weighted by molar-refractivity contribution is 6.33. The summed E-state index contributed by atoms with van der Waals surface area (Å²) < 4.78 is 0. The number of aryl methyl sites for hydroxylation is 1. The molecule has 0 saturated heterocycles. The minimum Gasteiger partial charge on any atom is -0.506 e. The summed E-state index contributed by atoms with van der Waals surface area (Å²) >= 11 is 5.70. The topological polar surface area (TPSA) is 57.5 Å². The zero-order valence-electron chi connectivity index (χ0n) is 7.04. The standard InChI is InChI=1S/C9H9ClO3/c1-5-2-6(4-8(12)13)9(10)7(11)3-5/h2-3,11H,4H2,1H3,(H,12,13). The molecule has 0 atom stereocenters. The quantitative estimate of drug-likeness (QED) is 0.768. The van der Waals surface area contributed by atoms with Gasteiger partial charge in [0.2, 0.25) is 0 Å². The number of aliphatic carboxylic acids is 1. The molecule has 0 radical (unpaired) electrons. The van der Waals surface area contributed by atoms with Crippen LogP contribution in [0.3, 0.4) is 0 Å². The third kappa shape index (κ3) is 2.36. The summed E-state index contributed by atoms with van der Waals surface area (Å²) in [7, 11) is 0. The van der Waals surface area contributed by atoms with Gasteiger partial charge in [0.15, 0.2) is 0 Å². The van der Waals surface area contributed by atoms with Crippen molar-refractivity contribution in [2.45, 2.75) is 13.3 Å². The first-order valence-electron chi connectivity index (χ1n) is 3.70. The summed E-state index contributed by atoms with van der Waals surface area (Å²) in [5.74, 6) is -1.04. The first kappa shape index (κ1) is 9.86. The van der Waals surface area contributed by atoms with E-state index in [9.17, 15) is 9.90 Å². The third-order valence-electron chi connectivity index (χ3n) is 1.61. The molecule has 0 fully saturated rings. The number of aromatic hydroxyl groups is 1. The van der Waals surface area contributed by atoms with Crippen molar-refractivity contribution in [2.24, 2.45) is 0 Å². The van der Waals surface area contributed by atoms with Crippen molar-refractivity contribution in [1.82, 2.24) is 0 Å². The van der Waals surface area contributed by atoms with Crippen LogP contribution in [0.25, 0.3) is 0 Å². The minimum atomic E-state index is -0.966. The maximum absolute atomic E-state index is 10.4. The Morgan fingerprint density at radius 2 is 2.15 bits per heavy atom. The van der Waals surface area contributed by atoms with Gasteiger partial charge >= 0.3 is 5.97 Å². The Kier molecular flexibility index (Phi) is 2.78. The maximum Gasteiger partial charge on any atom is 0.307 e. The molecule has 0 aliphatic carbocycles. The molecule has 3 nitrogen and oxygen atoms in total. The zero-order valence-corrected chi connectivity index (χ0v) is 7.80. The van der Waals surface area contributed by atoms with Gasteiger partial charge in [-0.1, -0.05) is 17.7 Å². The largest absolute Gasteiger partial charge is 0.506 e. The molecule has 1 aromatic carbocycles. The van der Waals surface area contributed by atoms with Crippen molar-refractivity contribution in [1.29, 1.82) is 0 Å². The lowest BCUT2D eigenvalue weighted by atomic mass is 10.1. The molecule has 0 aromatic heterocycles. The maximum atomic E-state index is 10.4. The van der Waals surface area contributed by atoms with E-state index in [1.807, 2.05) is 0 Å². The second-order valence-electron chi connectivity index (χ2n) is 2.83. The molecule has 0 bridgehead atoms. The van der Waals surface area contributed by atoms with Crippen LogP contribution in [0.1, 0.15) is 11.1 Å². The molecule has 1 rings (SSSR count). The van der Waals surface area contributed by atoms with E-state index < -0.39 is 5.97 Å². The highest BCUT2D eigenvalue weighted by Crippen LogP contribution is 2.28. The molecule has 70 valence electrons. The molecule has 0 amide bonds. The van der Waals surface area contributed by atoms with E-state index >= 15 is 0 Å². The van der Waals surface area contributed by atoms with Crippen molar-refractivity contribution >= 4 is 17.6 Å². The summed E-state index contributed by atoms with van der Waals surface area (Å²) in [5.41, 5.74) is 1.23. The molecule has 2 N–H and O–H groups in total. The summed E-state index contributed by atoms with van der Waals surface area (Å²) in [5, 5.41) is 17.9. The number of benzene rings is 1. The van der Waals surface area contributed by atoms with Gasteiger partial charge in [-0.05, 0) is 24.1 Å². The van der Waals surface area contributed by atoms with Crippen LogP contribution in [0.2, 0.25) is 5.02 Å². The van der Waals surface area contributed by atoms with Gasteiger partial charge in [0.25, 0.3) is 0 Å². The Balaban J connectivity index is 3.12. The monoisotopic (exact) mass is 200 g/mol. The molecule has 13 heavy (non-hydrogen) atoms. The van der Waals surface area contributed by atoms with E-state index in [0.29, 0.717) is 5.56 Å². The van der Waals surface area contributed by atoms with Gasteiger partial charge < -0.3 is 10.2 Å². The Bertz CT molecular complexity index is 347. The average Bonchev–Trinajstić information content (AvgIpc) is 1.98. The smallest absolute Gasteiger partial charge is 0.307 e. The minimum absolute atomic E-state index is 0.0714. The Morgan fingerprint density at radius 1 is 1.54 bits per heavy atom. The normalized spacial score (nSPS) is 10.0. The highest BCUT2D eigenvalue weighted by Gasteiger charge is 2.09. The molecular formula is C9H9ClO3. The molecule has 0 unspecified atom stereocenters. The van der Waals surface area contributed by atoms with Gasteiger partial charge in [-0.2, -0.15) is 0 Å². The molecule has 0 heterocycles. The van der Waals surface area contributed by atoms with E-state index in [0.717, 1.165) is 5.56 Å². The van der Waals surface area contributed by atoms with E-state index in [1.54, 1.807) is 13.0 Å². The van der Waals surface area contributed by atoms with Crippen molar-refractivity contribution in [3.63, 3.8) is 0 Å². The van der Waals surface area contributed by atoms with Crippen molar-refractivity contribution in [3.05, 3.63) is 28.3 Å². The Labute approximate surface area is 80.6 Å². The van der Waals surface area contributed by atoms with E-state index in [1.165, 1.54) is 6.07 Å². The predicted molar refractivity (Wildman–Crippen MR) is 49.2 cm³/mol. The number of phenols is 1. The molecule has 0 aliphatic rings. The number of carboxylic acid groups (broad SMARTS) is 1. The van der Waals surface area contributed by atoms with Gasteiger partial charge in [-0.15, -0.1) is 0 Å². The molecule has 4 heteroatoms. The van der Waals surface area contributed by atoms with Crippen molar-refractivity contribution in [3.8, 4) is 5.75 Å². The molecule has 0 spiro atoms. The van der Waals surface area contributed by atoms with E-state index in [2.05, 4.69) is 0 Å². The number of rotatable bonds is 2. The fourth-order valence-corrected chi connectivity index (χ4v) is 1.29. The van der Waals surface area contributed by atoms with Crippen LogP contribution in [0.4, 0.5) is 0 Å². The number of phenolic OH excluding ortho intramolecular Hbond substituents is 1. The fraction of sp³-hybridized carbons (Fsp3) is 0.222. The number of halogens is 1. The lowest BCUT2D eigenvalue weighted by molar-refractivity contribution is -0.136. The van der Waals surface area contributed by atoms with Gasteiger partial charge in [0.05, 0.1) is 11.4 Å². The van der Waals surface area contributed by atoms with E-state index in [4.69, 9.17) is 16.7 Å². The number of carbonyl (C=O) groups is 1. The van der Waals surface area contributed by atoms with E-state index in [-0.39, 0.29) is 17.2 Å². The van der Waals surface area contributed by atoms with Gasteiger partial charge in [-0.3, -0.25) is 4.79 Å². The number of hydrogen-bond donors (Lipinski definition) is 2. The summed E-state index contributed by atoms with van der Waals surface area (Å²) in [6, 6.07) is 3.14. The first-order valence-corrected chi connectivity index (χ1v) is 4.08. The average molecular weight is 201 g/mol. The van der Waals surface area contributed by atoms with Crippen LogP contribution < -0.4 is 0 Å². The van der Waals surface area contributed by atoms with Gasteiger partial charge in [0.1, 0.15) is 5.75 Å². The van der Waals surface area contributed by atoms with Crippen molar-refractivity contribution < 1.29 is 15.0 Å². The second kappa shape index (κ2) is 3.66. The molecule has 0 aliphatic heterocycles. The van der Waals surface area contributed by atoms with Crippen LogP contribution in [-0.2, 0) is 11.2 Å². The molecule has 1 aromatic rings. The van der Waals surface area contributed by atoms with Gasteiger partial charge in [-0.25, -0.2) is 0 Å². The summed E-state index contributed by atoms with van der Waals surface area (Å²) in [6.45, 7) is 1.77. The SMILES string of the molecule is Cc1cc(O)c(Cl)c(CC(=O)O)c1. The molecule has 0 saturated carbocycles. The lowest BCUT2D eigenvalue weighted by Crippen LogP contribution is -2.01. The van der Waals surface area contributed by atoms with Crippen LogP contribution in [0.15, 0.2) is 12.1 Å². The number of hydrogen-bond acceptors (Lipinski definition) is 2. The Hall–Kier alpha value is -1.22. The number of carboxylic acids is 1. The summed E-state index contributed by atoms with van der Waals surface area (Å²) in [6.07, 6.45) is -0.173. The van der Waals surface area contributed by atoms with Crippen molar-refractivity contribution in [2.75, 3.05) is 0 Å². The van der Waals surface area contributed by atoms with Crippen LogP contribution >= 0.6 is 11.6 Å². The Morgan fingerprint density at radius 3 is 2.69 bits per heavy atom. The lowest BCUT2D eigenvalue weighted by Gasteiger charge is -2.04. The second-order valence-corrected chi connectivity index (χ2v) is 3.21. The fourth-order valence-electron chi connectivity index (χ4n) is 1.11. The van der Waals surface area contributed by atoms with Crippen LogP contribution in [0, 0.1) is 6.92 Å². The summed E-state index contributed by atoms with van der Waals surface area (Å²) in [4.78, 5) is 10.4. The van der Waals surface area contributed by atoms with Crippen LogP contribution in [-0.4, -0.2) is 16.2 Å². The predicted octanol–water partition coefficient (Wildman–Crippen LogP) is 1.98. The van der Waals surface area contributed by atoms with Gasteiger partial charge in [0, 0.05) is 0 Å². The third-order valence-corrected chi connectivity index (χ3v) is 2.05. The zero-order chi connectivity index (χ0) is 10.0. The molecular weight excluding hydrogens is 192 g/mol. The first-order chi connectivity index (χ1) is 6.00.